The van der Waals surface area contributed by atoms with E-state index in [0.29, 0.717) is 57.4 Å². The summed E-state index contributed by atoms with van der Waals surface area (Å²) in [7, 11) is 0. The SMILES string of the molecule is O=C(c1ccc(Cl)c(Cl)c1)N1CCN(C(=O)c2cc(Cl)ccc2Cl)CC1. The molecule has 2 aromatic rings. The lowest BCUT2D eigenvalue weighted by Crippen LogP contribution is -2.50. The van der Waals surface area contributed by atoms with Crippen LogP contribution in [0.15, 0.2) is 36.4 Å². The summed E-state index contributed by atoms with van der Waals surface area (Å²) >= 11 is 23.9. The van der Waals surface area contributed by atoms with E-state index in [4.69, 9.17) is 46.4 Å². The van der Waals surface area contributed by atoms with Crippen LogP contribution in [0.5, 0.6) is 0 Å². The Morgan fingerprint density at radius 3 is 1.88 bits per heavy atom. The number of piperazine rings is 1. The molecule has 0 N–H and O–H groups in total. The first-order valence-corrected chi connectivity index (χ1v) is 9.36. The van der Waals surface area contributed by atoms with E-state index in [9.17, 15) is 9.59 Å². The lowest BCUT2D eigenvalue weighted by Gasteiger charge is -2.35. The van der Waals surface area contributed by atoms with Crippen molar-refractivity contribution in [3.63, 3.8) is 0 Å². The van der Waals surface area contributed by atoms with Crippen molar-refractivity contribution in [2.24, 2.45) is 0 Å². The Morgan fingerprint density at radius 1 is 0.692 bits per heavy atom. The van der Waals surface area contributed by atoms with Gasteiger partial charge in [0.1, 0.15) is 0 Å². The molecule has 2 amide bonds. The molecule has 0 aliphatic carbocycles. The van der Waals surface area contributed by atoms with E-state index in [1.165, 1.54) is 0 Å². The molecule has 1 saturated heterocycles. The van der Waals surface area contributed by atoms with Crippen LogP contribution < -0.4 is 0 Å². The molecule has 3 rings (SSSR count). The highest BCUT2D eigenvalue weighted by Gasteiger charge is 2.26. The van der Waals surface area contributed by atoms with E-state index >= 15 is 0 Å². The average Bonchev–Trinajstić information content (AvgIpc) is 2.65. The van der Waals surface area contributed by atoms with Gasteiger partial charge < -0.3 is 9.80 Å². The van der Waals surface area contributed by atoms with Gasteiger partial charge in [-0.3, -0.25) is 9.59 Å². The second-order valence-corrected chi connectivity index (χ2v) is 7.50. The number of carbonyl (C=O) groups excluding carboxylic acids is 2. The fourth-order valence-corrected chi connectivity index (χ4v) is 3.42. The second kappa shape index (κ2) is 8.05. The molecule has 0 aromatic heterocycles. The lowest BCUT2D eigenvalue weighted by atomic mass is 10.1. The number of carbonyl (C=O) groups is 2. The van der Waals surface area contributed by atoms with Crippen LogP contribution in [-0.2, 0) is 0 Å². The number of nitrogens with zero attached hydrogens (tertiary/aromatic N) is 2. The van der Waals surface area contributed by atoms with Crippen LogP contribution >= 0.6 is 46.4 Å². The summed E-state index contributed by atoms with van der Waals surface area (Å²) in [6.07, 6.45) is 0. The van der Waals surface area contributed by atoms with Gasteiger partial charge in [-0.15, -0.1) is 0 Å². The molecule has 1 aliphatic heterocycles. The lowest BCUT2D eigenvalue weighted by molar-refractivity contribution is 0.0535. The summed E-state index contributed by atoms with van der Waals surface area (Å²) in [4.78, 5) is 28.6. The first-order chi connectivity index (χ1) is 12.4. The maximum atomic E-state index is 12.6. The minimum Gasteiger partial charge on any atom is -0.335 e. The van der Waals surface area contributed by atoms with Gasteiger partial charge in [0.05, 0.1) is 20.6 Å². The zero-order valence-corrected chi connectivity index (χ0v) is 16.5. The van der Waals surface area contributed by atoms with Crippen LogP contribution in [0.2, 0.25) is 20.1 Å². The predicted molar refractivity (Wildman–Crippen MR) is 105 cm³/mol. The van der Waals surface area contributed by atoms with Gasteiger partial charge >= 0.3 is 0 Å². The normalized spacial score (nSPS) is 14.5. The Balaban J connectivity index is 1.67. The molecular formula is C18H14Cl4N2O2. The van der Waals surface area contributed by atoms with Gasteiger partial charge in [-0.25, -0.2) is 0 Å². The Labute approximate surface area is 171 Å². The molecule has 0 unspecified atom stereocenters. The third-order valence-electron chi connectivity index (χ3n) is 4.18. The van der Waals surface area contributed by atoms with Crippen molar-refractivity contribution in [3.05, 3.63) is 67.6 Å². The van der Waals surface area contributed by atoms with Crippen molar-refractivity contribution < 1.29 is 9.59 Å². The molecule has 2 aromatic carbocycles. The van der Waals surface area contributed by atoms with E-state index < -0.39 is 0 Å². The van der Waals surface area contributed by atoms with Crippen LogP contribution in [0, 0.1) is 0 Å². The molecule has 4 nitrogen and oxygen atoms in total. The summed E-state index contributed by atoms with van der Waals surface area (Å²) in [6, 6.07) is 9.57. The monoisotopic (exact) mass is 430 g/mol. The number of hydrogen-bond acceptors (Lipinski definition) is 2. The third-order valence-corrected chi connectivity index (χ3v) is 5.48. The van der Waals surface area contributed by atoms with Gasteiger partial charge in [-0.1, -0.05) is 46.4 Å². The molecule has 1 aliphatic rings. The van der Waals surface area contributed by atoms with Gasteiger partial charge in [0.2, 0.25) is 0 Å². The average molecular weight is 432 g/mol. The topological polar surface area (TPSA) is 40.6 Å². The highest BCUT2D eigenvalue weighted by Crippen LogP contribution is 2.25. The van der Waals surface area contributed by atoms with Crippen LogP contribution in [-0.4, -0.2) is 47.8 Å². The molecule has 8 heteroatoms. The van der Waals surface area contributed by atoms with Gasteiger partial charge in [-0.2, -0.15) is 0 Å². The molecule has 0 radical (unpaired) electrons. The smallest absolute Gasteiger partial charge is 0.255 e. The summed E-state index contributed by atoms with van der Waals surface area (Å²) in [6.45, 7) is 1.66. The van der Waals surface area contributed by atoms with Crippen LogP contribution in [0.4, 0.5) is 0 Å². The number of benzene rings is 2. The number of halogens is 4. The fourth-order valence-electron chi connectivity index (χ4n) is 2.76. The van der Waals surface area contributed by atoms with E-state index in [-0.39, 0.29) is 11.8 Å². The number of hydrogen-bond donors (Lipinski definition) is 0. The van der Waals surface area contributed by atoms with Crippen molar-refractivity contribution in [2.45, 2.75) is 0 Å². The maximum Gasteiger partial charge on any atom is 0.255 e. The van der Waals surface area contributed by atoms with E-state index in [2.05, 4.69) is 0 Å². The molecule has 1 heterocycles. The summed E-state index contributed by atoms with van der Waals surface area (Å²) in [5.74, 6) is -0.337. The highest BCUT2D eigenvalue weighted by atomic mass is 35.5. The van der Waals surface area contributed by atoms with Crippen molar-refractivity contribution in [3.8, 4) is 0 Å². The van der Waals surface area contributed by atoms with E-state index in [0.717, 1.165) is 0 Å². The second-order valence-electron chi connectivity index (χ2n) is 5.84. The zero-order chi connectivity index (χ0) is 18.8. The Bertz CT molecular complexity index is 864. The van der Waals surface area contributed by atoms with Crippen molar-refractivity contribution in [1.82, 2.24) is 9.80 Å². The Morgan fingerprint density at radius 2 is 1.27 bits per heavy atom. The fraction of sp³-hybridized carbons (Fsp3) is 0.222. The van der Waals surface area contributed by atoms with Crippen LogP contribution in [0.3, 0.4) is 0 Å². The molecule has 136 valence electrons. The quantitative estimate of drug-likeness (QED) is 0.678. The molecule has 1 fully saturated rings. The molecule has 26 heavy (non-hydrogen) atoms. The minimum atomic E-state index is -0.195. The Kier molecular flexibility index (Phi) is 5.98. The summed E-state index contributed by atoms with van der Waals surface area (Å²) < 4.78 is 0. The van der Waals surface area contributed by atoms with Gasteiger partial charge in [0, 0.05) is 36.8 Å². The molecule has 0 saturated carbocycles. The van der Waals surface area contributed by atoms with Gasteiger partial charge in [0.25, 0.3) is 11.8 Å². The number of rotatable bonds is 2. The van der Waals surface area contributed by atoms with Crippen molar-refractivity contribution in [1.29, 1.82) is 0 Å². The molecular weight excluding hydrogens is 418 g/mol. The summed E-state index contributed by atoms with van der Waals surface area (Å²) in [5.41, 5.74) is 0.834. The van der Waals surface area contributed by atoms with E-state index in [1.807, 2.05) is 0 Å². The summed E-state index contributed by atoms with van der Waals surface area (Å²) in [5, 5.41) is 1.54. The van der Waals surface area contributed by atoms with Crippen molar-refractivity contribution in [2.75, 3.05) is 26.2 Å². The molecule has 0 spiro atoms. The third kappa shape index (κ3) is 4.09. The minimum absolute atomic E-state index is 0.142. The molecule has 0 bridgehead atoms. The standard InChI is InChI=1S/C18H14Cl4N2O2/c19-12-2-4-14(20)13(10-12)18(26)24-7-5-23(6-8-24)17(25)11-1-3-15(21)16(22)9-11/h1-4,9-10H,5-8H2. The maximum absolute atomic E-state index is 12.6. The number of amides is 2. The first kappa shape index (κ1) is 19.3. The predicted octanol–water partition coefficient (Wildman–Crippen LogP) is 4.90. The van der Waals surface area contributed by atoms with E-state index in [1.54, 1.807) is 46.2 Å². The zero-order valence-electron chi connectivity index (χ0n) is 13.5. The van der Waals surface area contributed by atoms with Crippen LogP contribution in [0.1, 0.15) is 20.7 Å². The Hall–Kier alpha value is -1.46. The largest absolute Gasteiger partial charge is 0.335 e. The highest BCUT2D eigenvalue weighted by molar-refractivity contribution is 6.42. The van der Waals surface area contributed by atoms with Crippen molar-refractivity contribution >= 4 is 58.2 Å². The van der Waals surface area contributed by atoms with Gasteiger partial charge in [-0.05, 0) is 36.4 Å². The van der Waals surface area contributed by atoms with Gasteiger partial charge in [0.15, 0.2) is 0 Å². The molecule has 0 atom stereocenters. The first-order valence-electron chi connectivity index (χ1n) is 7.85. The van der Waals surface area contributed by atoms with Crippen LogP contribution in [0.25, 0.3) is 0 Å².